The van der Waals surface area contributed by atoms with E-state index in [0.29, 0.717) is 0 Å². The molecule has 1 heterocycles. The van der Waals surface area contributed by atoms with E-state index in [0.717, 1.165) is 16.5 Å². The fourth-order valence-corrected chi connectivity index (χ4v) is 2.28. The lowest BCUT2D eigenvalue weighted by Gasteiger charge is -2.08. The Morgan fingerprint density at radius 2 is 1.20 bits per heavy atom. The number of rotatable bonds is 1. The highest BCUT2D eigenvalue weighted by Gasteiger charge is 2.04. The van der Waals surface area contributed by atoms with Crippen LogP contribution < -0.4 is 5.56 Å². The van der Waals surface area contributed by atoms with Crippen LogP contribution >= 0.6 is 0 Å². The van der Waals surface area contributed by atoms with E-state index in [4.69, 9.17) is 0 Å². The minimum Gasteiger partial charge on any atom is -0.284 e. The lowest BCUT2D eigenvalue weighted by atomic mass is 10.1. The van der Waals surface area contributed by atoms with Crippen LogP contribution in [0.3, 0.4) is 0 Å². The molecule has 0 bridgehead atoms. The lowest BCUT2D eigenvalue weighted by Crippen LogP contribution is -2.17. The predicted octanol–water partition coefficient (Wildman–Crippen LogP) is 6.69. The zero-order valence-electron chi connectivity index (χ0n) is 17.1. The molecule has 1 aromatic heterocycles. The van der Waals surface area contributed by atoms with Crippen LogP contribution in [0.25, 0.3) is 16.5 Å². The van der Waals surface area contributed by atoms with Crippen molar-refractivity contribution in [2.45, 2.75) is 55.4 Å². The largest absolute Gasteiger partial charge is 0.284 e. The Kier molecular flexibility index (Phi) is 10.9. The third-order valence-corrected chi connectivity index (χ3v) is 3.37. The molecule has 0 aliphatic carbocycles. The lowest BCUT2D eigenvalue weighted by molar-refractivity contribution is 1.01. The van der Waals surface area contributed by atoms with Gasteiger partial charge in [-0.05, 0) is 43.5 Å². The van der Waals surface area contributed by atoms with E-state index in [1.165, 1.54) is 11.1 Å². The normalized spacial score (nSPS) is 8.96. The second kappa shape index (κ2) is 12.1. The highest BCUT2D eigenvalue weighted by molar-refractivity contribution is 5.82. The number of aromatic nitrogens is 1. The van der Waals surface area contributed by atoms with E-state index >= 15 is 0 Å². The number of pyridine rings is 1. The average molecular weight is 340 g/mol. The van der Waals surface area contributed by atoms with Crippen LogP contribution in [-0.4, -0.2) is 4.57 Å². The second-order valence-electron chi connectivity index (χ2n) is 4.92. The molecule has 0 saturated heterocycles. The Morgan fingerprint density at radius 1 is 0.680 bits per heavy atom. The van der Waals surface area contributed by atoms with Gasteiger partial charge in [0.25, 0.3) is 5.56 Å². The minimum absolute atomic E-state index is 0.0290. The van der Waals surface area contributed by atoms with Crippen molar-refractivity contribution in [1.82, 2.24) is 4.57 Å². The zero-order chi connectivity index (χ0) is 19.4. The summed E-state index contributed by atoms with van der Waals surface area (Å²) in [5.74, 6) is 0. The van der Waals surface area contributed by atoms with E-state index in [9.17, 15) is 4.79 Å². The van der Waals surface area contributed by atoms with E-state index in [-0.39, 0.29) is 5.56 Å². The van der Waals surface area contributed by atoms with Gasteiger partial charge < -0.3 is 0 Å². The highest BCUT2D eigenvalue weighted by Crippen LogP contribution is 2.14. The summed E-state index contributed by atoms with van der Waals surface area (Å²) in [7, 11) is 0. The highest BCUT2D eigenvalue weighted by atomic mass is 16.1. The van der Waals surface area contributed by atoms with Crippen molar-refractivity contribution in [2.24, 2.45) is 0 Å². The van der Waals surface area contributed by atoms with Crippen molar-refractivity contribution >= 4 is 10.8 Å². The summed E-state index contributed by atoms with van der Waals surface area (Å²) in [6.07, 6.45) is 1.84. The number of fused-ring (bicyclic) bond motifs is 1. The number of hydrogen-bond donors (Lipinski definition) is 0. The molecular weight excluding hydrogens is 306 g/mol. The van der Waals surface area contributed by atoms with Gasteiger partial charge in [0.1, 0.15) is 0 Å². The first-order valence-electron chi connectivity index (χ1n) is 9.34. The molecule has 0 amide bonds. The molecule has 136 valence electrons. The van der Waals surface area contributed by atoms with Crippen LogP contribution in [0.5, 0.6) is 0 Å². The van der Waals surface area contributed by atoms with Crippen molar-refractivity contribution in [3.63, 3.8) is 0 Å². The van der Waals surface area contributed by atoms with Crippen LogP contribution in [0.2, 0.25) is 0 Å². The molecule has 0 N–H and O–H groups in total. The molecule has 2 aromatic carbocycles. The maximum Gasteiger partial charge on any atom is 0.262 e. The van der Waals surface area contributed by atoms with E-state index < -0.39 is 0 Å². The summed E-state index contributed by atoms with van der Waals surface area (Å²) in [6.45, 7) is 16.1. The molecule has 0 aliphatic rings. The summed E-state index contributed by atoms with van der Waals surface area (Å²) >= 11 is 0. The summed E-state index contributed by atoms with van der Waals surface area (Å²) < 4.78 is 1.69. The smallest absolute Gasteiger partial charge is 0.262 e. The first-order valence-corrected chi connectivity index (χ1v) is 9.34. The quantitative estimate of drug-likeness (QED) is 0.484. The molecule has 0 radical (unpaired) electrons. The number of aryl methyl sites for hydroxylation is 2. The van der Waals surface area contributed by atoms with Gasteiger partial charge in [0, 0.05) is 17.3 Å². The van der Waals surface area contributed by atoms with Crippen molar-refractivity contribution < 1.29 is 0 Å². The third kappa shape index (κ3) is 5.90. The Balaban J connectivity index is 0.000000871. The molecule has 0 saturated carbocycles. The molecule has 0 spiro atoms. The van der Waals surface area contributed by atoms with Crippen LogP contribution in [0, 0.1) is 13.8 Å². The summed E-state index contributed by atoms with van der Waals surface area (Å²) in [5.41, 5.74) is 3.28. The molecule has 0 atom stereocenters. The number of benzene rings is 2. The Hall–Kier alpha value is -2.35. The van der Waals surface area contributed by atoms with Gasteiger partial charge in [-0.15, -0.1) is 0 Å². The number of hydrogen-bond acceptors (Lipinski definition) is 1. The van der Waals surface area contributed by atoms with E-state index in [1.807, 2.05) is 110 Å². The fraction of sp³-hybridized carbons (Fsp3) is 0.348. The van der Waals surface area contributed by atoms with Gasteiger partial charge in [0.05, 0.1) is 0 Å². The van der Waals surface area contributed by atoms with Crippen molar-refractivity contribution in [3.05, 3.63) is 76.2 Å². The third-order valence-electron chi connectivity index (χ3n) is 3.37. The van der Waals surface area contributed by atoms with Gasteiger partial charge >= 0.3 is 0 Å². The second-order valence-corrected chi connectivity index (χ2v) is 4.92. The topological polar surface area (TPSA) is 22.0 Å². The summed E-state index contributed by atoms with van der Waals surface area (Å²) in [6, 6.07) is 15.9. The average Bonchev–Trinajstić information content (AvgIpc) is 2.68. The van der Waals surface area contributed by atoms with Gasteiger partial charge in [-0.2, -0.15) is 0 Å². The SMILES string of the molecule is CC.CC.CC.Cc1ccc(-n2ccc3cc(C)ccc3c2=O)cc1. The first kappa shape index (κ1) is 22.7. The zero-order valence-corrected chi connectivity index (χ0v) is 17.1. The molecule has 0 fully saturated rings. The number of nitrogens with zero attached hydrogens (tertiary/aromatic N) is 1. The van der Waals surface area contributed by atoms with Crippen LogP contribution in [0.1, 0.15) is 52.7 Å². The van der Waals surface area contributed by atoms with E-state index in [1.54, 1.807) is 4.57 Å². The minimum atomic E-state index is 0.0290. The fourth-order valence-electron chi connectivity index (χ4n) is 2.28. The van der Waals surface area contributed by atoms with Gasteiger partial charge in [-0.1, -0.05) is 76.9 Å². The molecular formula is C23H33NO. The molecule has 3 rings (SSSR count). The van der Waals surface area contributed by atoms with E-state index in [2.05, 4.69) is 0 Å². The standard InChI is InChI=1S/C17H15NO.3C2H6/c1-12-3-6-15(7-4-12)18-10-9-14-11-13(2)5-8-16(14)17(18)19;3*1-2/h3-11H,1-2H3;3*1-2H3. The van der Waals surface area contributed by atoms with Gasteiger partial charge in [-0.3, -0.25) is 9.36 Å². The first-order chi connectivity index (χ1) is 12.1. The molecule has 2 nitrogen and oxygen atoms in total. The molecule has 3 aromatic rings. The predicted molar refractivity (Wildman–Crippen MR) is 113 cm³/mol. The monoisotopic (exact) mass is 339 g/mol. The van der Waals surface area contributed by atoms with Gasteiger partial charge in [0.15, 0.2) is 0 Å². The van der Waals surface area contributed by atoms with Gasteiger partial charge in [0.2, 0.25) is 0 Å². The molecule has 0 unspecified atom stereocenters. The molecule has 2 heteroatoms. The maximum absolute atomic E-state index is 12.5. The van der Waals surface area contributed by atoms with Crippen LogP contribution in [0.4, 0.5) is 0 Å². The Bertz CT molecular complexity index is 798. The summed E-state index contributed by atoms with van der Waals surface area (Å²) in [5, 5.41) is 1.75. The molecule has 25 heavy (non-hydrogen) atoms. The van der Waals surface area contributed by atoms with Crippen LogP contribution in [-0.2, 0) is 0 Å². The van der Waals surface area contributed by atoms with Crippen LogP contribution in [0.15, 0.2) is 59.5 Å². The van der Waals surface area contributed by atoms with Crippen molar-refractivity contribution in [2.75, 3.05) is 0 Å². The summed E-state index contributed by atoms with van der Waals surface area (Å²) in [4.78, 5) is 12.5. The Labute approximate surface area is 153 Å². The maximum atomic E-state index is 12.5. The van der Waals surface area contributed by atoms with Crippen molar-refractivity contribution in [3.8, 4) is 5.69 Å². The molecule has 0 aliphatic heterocycles. The van der Waals surface area contributed by atoms with Gasteiger partial charge in [-0.25, -0.2) is 0 Å². The van der Waals surface area contributed by atoms with Crippen molar-refractivity contribution in [1.29, 1.82) is 0 Å². The Morgan fingerprint density at radius 3 is 1.76 bits per heavy atom.